The first-order valence-corrected chi connectivity index (χ1v) is 6.01. The summed E-state index contributed by atoms with van der Waals surface area (Å²) in [6, 6.07) is 0. The SMILES string of the molecule is COc1c(CN2CCCCC2)c(C)nn1C. The van der Waals surface area contributed by atoms with Gasteiger partial charge in [0.25, 0.3) is 0 Å². The molecule has 0 amide bonds. The fourth-order valence-corrected chi connectivity index (χ4v) is 2.46. The van der Waals surface area contributed by atoms with E-state index in [0.717, 1.165) is 18.1 Å². The molecule has 1 aliphatic rings. The summed E-state index contributed by atoms with van der Waals surface area (Å²) in [5, 5.41) is 4.41. The lowest BCUT2D eigenvalue weighted by Crippen LogP contribution is -2.29. The molecule has 0 unspecified atom stereocenters. The Kier molecular flexibility index (Phi) is 3.49. The van der Waals surface area contributed by atoms with E-state index in [-0.39, 0.29) is 0 Å². The zero-order chi connectivity index (χ0) is 11.5. The second-order valence-corrected chi connectivity index (χ2v) is 4.53. The second kappa shape index (κ2) is 4.87. The number of aromatic nitrogens is 2. The molecule has 1 aromatic heterocycles. The van der Waals surface area contributed by atoms with Crippen LogP contribution in [0.25, 0.3) is 0 Å². The van der Waals surface area contributed by atoms with Gasteiger partial charge in [-0.25, -0.2) is 4.68 Å². The van der Waals surface area contributed by atoms with Gasteiger partial charge in [-0.1, -0.05) is 6.42 Å². The Labute approximate surface area is 97.2 Å². The summed E-state index contributed by atoms with van der Waals surface area (Å²) in [6.45, 7) is 5.44. The molecule has 4 nitrogen and oxygen atoms in total. The summed E-state index contributed by atoms with van der Waals surface area (Å²) in [5.74, 6) is 0.906. The molecule has 0 aromatic carbocycles. The van der Waals surface area contributed by atoms with Crippen LogP contribution in [0.1, 0.15) is 30.5 Å². The predicted octanol–water partition coefficient (Wildman–Crippen LogP) is 1.72. The lowest BCUT2D eigenvalue weighted by molar-refractivity contribution is 0.217. The number of nitrogens with zero attached hydrogens (tertiary/aromatic N) is 3. The molecule has 0 spiro atoms. The Morgan fingerprint density at radius 1 is 1.25 bits per heavy atom. The first kappa shape index (κ1) is 11.5. The van der Waals surface area contributed by atoms with E-state index in [2.05, 4.69) is 16.9 Å². The Hall–Kier alpha value is -1.03. The minimum atomic E-state index is 0.906. The van der Waals surface area contributed by atoms with Crippen LogP contribution in [-0.4, -0.2) is 34.9 Å². The van der Waals surface area contributed by atoms with E-state index in [1.165, 1.54) is 37.9 Å². The standard InChI is InChI=1S/C12H21N3O/c1-10-11(12(16-3)14(2)13-10)9-15-7-5-4-6-8-15/h4-9H2,1-3H3. The van der Waals surface area contributed by atoms with Crippen molar-refractivity contribution in [3.63, 3.8) is 0 Å². The van der Waals surface area contributed by atoms with E-state index < -0.39 is 0 Å². The smallest absolute Gasteiger partial charge is 0.216 e. The van der Waals surface area contributed by atoms with Crippen LogP contribution >= 0.6 is 0 Å². The molecule has 0 aliphatic carbocycles. The molecular formula is C12H21N3O. The summed E-state index contributed by atoms with van der Waals surface area (Å²) in [6.07, 6.45) is 4.02. The predicted molar refractivity (Wildman–Crippen MR) is 63.6 cm³/mol. The fraction of sp³-hybridized carbons (Fsp3) is 0.750. The number of rotatable bonds is 3. The zero-order valence-electron chi connectivity index (χ0n) is 10.5. The number of piperidine rings is 1. The molecule has 16 heavy (non-hydrogen) atoms. The molecule has 1 fully saturated rings. The number of aryl methyl sites for hydroxylation is 2. The van der Waals surface area contributed by atoms with Crippen molar-refractivity contribution in [2.24, 2.45) is 7.05 Å². The van der Waals surface area contributed by atoms with E-state index in [0.29, 0.717) is 0 Å². The van der Waals surface area contributed by atoms with Crippen molar-refractivity contribution in [3.8, 4) is 5.88 Å². The summed E-state index contributed by atoms with van der Waals surface area (Å²) in [5.41, 5.74) is 2.33. The number of hydrogen-bond donors (Lipinski definition) is 0. The summed E-state index contributed by atoms with van der Waals surface area (Å²) in [4.78, 5) is 2.50. The highest BCUT2D eigenvalue weighted by Gasteiger charge is 2.18. The quantitative estimate of drug-likeness (QED) is 0.781. The van der Waals surface area contributed by atoms with E-state index in [9.17, 15) is 0 Å². The van der Waals surface area contributed by atoms with E-state index >= 15 is 0 Å². The molecular weight excluding hydrogens is 202 g/mol. The van der Waals surface area contributed by atoms with Crippen LogP contribution in [0, 0.1) is 6.92 Å². The first-order valence-electron chi connectivity index (χ1n) is 6.01. The van der Waals surface area contributed by atoms with Gasteiger partial charge in [0.2, 0.25) is 5.88 Å². The van der Waals surface area contributed by atoms with Gasteiger partial charge in [0, 0.05) is 13.6 Å². The van der Waals surface area contributed by atoms with Crippen molar-refractivity contribution >= 4 is 0 Å². The molecule has 1 aromatic rings. The Morgan fingerprint density at radius 3 is 2.56 bits per heavy atom. The summed E-state index contributed by atoms with van der Waals surface area (Å²) >= 11 is 0. The van der Waals surface area contributed by atoms with Crippen LogP contribution in [0.4, 0.5) is 0 Å². The highest BCUT2D eigenvalue weighted by atomic mass is 16.5. The third-order valence-corrected chi connectivity index (χ3v) is 3.31. The number of methoxy groups -OCH3 is 1. The largest absolute Gasteiger partial charge is 0.481 e. The third-order valence-electron chi connectivity index (χ3n) is 3.31. The highest BCUT2D eigenvalue weighted by Crippen LogP contribution is 2.24. The molecule has 0 saturated carbocycles. The molecule has 2 rings (SSSR count). The molecule has 1 aliphatic heterocycles. The summed E-state index contributed by atoms with van der Waals surface area (Å²) in [7, 11) is 3.65. The maximum absolute atomic E-state index is 5.41. The van der Waals surface area contributed by atoms with E-state index in [1.807, 2.05) is 11.7 Å². The molecule has 0 radical (unpaired) electrons. The average Bonchev–Trinajstić information content (AvgIpc) is 2.55. The lowest BCUT2D eigenvalue weighted by Gasteiger charge is -2.26. The van der Waals surface area contributed by atoms with Crippen LogP contribution in [0.2, 0.25) is 0 Å². The van der Waals surface area contributed by atoms with Gasteiger partial charge in [0.1, 0.15) is 0 Å². The van der Waals surface area contributed by atoms with Gasteiger partial charge in [-0.15, -0.1) is 0 Å². The molecule has 2 heterocycles. The Morgan fingerprint density at radius 2 is 1.94 bits per heavy atom. The van der Waals surface area contributed by atoms with Crippen LogP contribution < -0.4 is 4.74 Å². The van der Waals surface area contributed by atoms with Gasteiger partial charge >= 0.3 is 0 Å². The second-order valence-electron chi connectivity index (χ2n) is 4.53. The highest BCUT2D eigenvalue weighted by molar-refractivity contribution is 5.30. The molecule has 0 atom stereocenters. The number of ether oxygens (including phenoxy) is 1. The normalized spacial score (nSPS) is 17.7. The summed E-state index contributed by atoms with van der Waals surface area (Å²) < 4.78 is 7.24. The lowest BCUT2D eigenvalue weighted by atomic mass is 10.1. The number of likely N-dealkylation sites (tertiary alicyclic amines) is 1. The van der Waals surface area contributed by atoms with E-state index in [1.54, 1.807) is 7.11 Å². The van der Waals surface area contributed by atoms with Crippen molar-refractivity contribution in [1.82, 2.24) is 14.7 Å². The van der Waals surface area contributed by atoms with Gasteiger partial charge in [-0.2, -0.15) is 5.10 Å². The fourth-order valence-electron chi connectivity index (χ4n) is 2.46. The van der Waals surface area contributed by atoms with Crippen molar-refractivity contribution in [2.75, 3.05) is 20.2 Å². The first-order chi connectivity index (χ1) is 7.72. The average molecular weight is 223 g/mol. The molecule has 4 heteroatoms. The third kappa shape index (κ3) is 2.21. The van der Waals surface area contributed by atoms with Crippen molar-refractivity contribution in [1.29, 1.82) is 0 Å². The van der Waals surface area contributed by atoms with Gasteiger partial charge < -0.3 is 4.74 Å². The maximum atomic E-state index is 5.41. The van der Waals surface area contributed by atoms with Gasteiger partial charge in [0.15, 0.2) is 0 Å². The topological polar surface area (TPSA) is 30.3 Å². The minimum Gasteiger partial charge on any atom is -0.481 e. The van der Waals surface area contributed by atoms with Gasteiger partial charge in [-0.05, 0) is 32.9 Å². The van der Waals surface area contributed by atoms with Gasteiger partial charge in [-0.3, -0.25) is 4.90 Å². The molecule has 0 N–H and O–H groups in total. The minimum absolute atomic E-state index is 0.906. The monoisotopic (exact) mass is 223 g/mol. The maximum Gasteiger partial charge on any atom is 0.216 e. The van der Waals surface area contributed by atoms with Crippen LogP contribution in [0.5, 0.6) is 5.88 Å². The van der Waals surface area contributed by atoms with Crippen LogP contribution in [-0.2, 0) is 13.6 Å². The van der Waals surface area contributed by atoms with Gasteiger partial charge in [0.05, 0.1) is 18.4 Å². The Balaban J connectivity index is 2.13. The van der Waals surface area contributed by atoms with Crippen molar-refractivity contribution in [2.45, 2.75) is 32.7 Å². The molecule has 90 valence electrons. The van der Waals surface area contributed by atoms with Crippen LogP contribution in [0.15, 0.2) is 0 Å². The van der Waals surface area contributed by atoms with Crippen molar-refractivity contribution in [3.05, 3.63) is 11.3 Å². The van der Waals surface area contributed by atoms with E-state index in [4.69, 9.17) is 4.74 Å². The Bertz CT molecular complexity index is 353. The zero-order valence-corrected chi connectivity index (χ0v) is 10.5. The molecule has 0 bridgehead atoms. The van der Waals surface area contributed by atoms with Crippen molar-refractivity contribution < 1.29 is 4.74 Å². The molecule has 1 saturated heterocycles. The van der Waals surface area contributed by atoms with Crippen LogP contribution in [0.3, 0.4) is 0 Å². The number of hydrogen-bond acceptors (Lipinski definition) is 3.